The van der Waals surface area contributed by atoms with Gasteiger partial charge in [0.05, 0.1) is 5.56 Å². The van der Waals surface area contributed by atoms with Crippen molar-refractivity contribution in [1.82, 2.24) is 20.6 Å². The predicted molar refractivity (Wildman–Crippen MR) is 57.6 cm³/mol. The lowest BCUT2D eigenvalue weighted by Crippen LogP contribution is -2.14. The molecule has 0 unspecified atom stereocenters. The van der Waals surface area contributed by atoms with Crippen LogP contribution in [0, 0.1) is 0 Å². The number of nitrogens with zero attached hydrogens (tertiary/aromatic N) is 3. The van der Waals surface area contributed by atoms with E-state index in [1.54, 1.807) is 0 Å². The second kappa shape index (κ2) is 3.17. The van der Waals surface area contributed by atoms with Crippen LogP contribution in [0.1, 0.15) is 0 Å². The molecule has 0 saturated heterocycles. The molecule has 0 radical (unpaired) electrons. The summed E-state index contributed by atoms with van der Waals surface area (Å²) in [5.74, 6) is 0.698. The Labute approximate surface area is 82.4 Å². The Morgan fingerprint density at radius 1 is 1.29 bits per heavy atom. The molecule has 7 heteroatoms. The van der Waals surface area contributed by atoms with Crippen molar-refractivity contribution < 1.29 is 5.11 Å². The van der Waals surface area contributed by atoms with Gasteiger partial charge in [-0.25, -0.2) is 5.10 Å². The number of H-pyrrole nitrogens is 1. The Balaban J connectivity index is 2.64. The van der Waals surface area contributed by atoms with E-state index in [1.165, 1.54) is 0 Å². The van der Waals surface area contributed by atoms with Crippen LogP contribution in [-0.4, -0.2) is 41.4 Å². The van der Waals surface area contributed by atoms with E-state index in [-0.39, 0.29) is 5.75 Å². The first kappa shape index (κ1) is 8.80. The number of aromatic nitrogens is 4. The number of phenols is 1. The quantitative estimate of drug-likeness (QED) is 0.468. The highest BCUT2D eigenvalue weighted by Gasteiger charge is 2.10. The van der Waals surface area contributed by atoms with Crippen LogP contribution < -0.4 is 10.9 Å². The van der Waals surface area contributed by atoms with Crippen LogP contribution in [0.25, 0.3) is 11.4 Å². The van der Waals surface area contributed by atoms with E-state index in [1.807, 2.05) is 27.8 Å². The Morgan fingerprint density at radius 3 is 2.71 bits per heavy atom. The molecule has 2 N–H and O–H groups in total. The van der Waals surface area contributed by atoms with Gasteiger partial charge in [-0.05, 0) is 15.9 Å². The highest BCUT2D eigenvalue weighted by atomic mass is 16.3. The summed E-state index contributed by atoms with van der Waals surface area (Å²) in [6.45, 7) is 0. The molecule has 1 heterocycles. The van der Waals surface area contributed by atoms with Crippen LogP contribution in [0.15, 0.2) is 12.1 Å². The number of tetrazole rings is 1. The number of hydrogen-bond acceptors (Lipinski definition) is 4. The van der Waals surface area contributed by atoms with Crippen molar-refractivity contribution in [3.8, 4) is 17.1 Å². The molecule has 0 atom stereocenters. The normalized spacial score (nSPS) is 10.3. The molecule has 2 aromatic rings. The van der Waals surface area contributed by atoms with Gasteiger partial charge < -0.3 is 5.11 Å². The second-order valence-corrected chi connectivity index (χ2v) is 3.23. The third kappa shape index (κ3) is 1.37. The maximum Gasteiger partial charge on any atom is 0.183 e. The Kier molecular flexibility index (Phi) is 1.99. The van der Waals surface area contributed by atoms with Crippen LogP contribution >= 0.6 is 0 Å². The van der Waals surface area contributed by atoms with Crippen molar-refractivity contribution in [3.63, 3.8) is 0 Å². The van der Waals surface area contributed by atoms with E-state index >= 15 is 0 Å². The molecule has 1 aromatic carbocycles. The molecule has 0 aliphatic heterocycles. The van der Waals surface area contributed by atoms with E-state index in [0.717, 1.165) is 10.9 Å². The van der Waals surface area contributed by atoms with Crippen LogP contribution in [0.3, 0.4) is 0 Å². The number of rotatable bonds is 1. The van der Waals surface area contributed by atoms with Gasteiger partial charge >= 0.3 is 0 Å². The van der Waals surface area contributed by atoms with Gasteiger partial charge in [0.1, 0.15) is 21.4 Å². The molecule has 14 heavy (non-hydrogen) atoms. The molecule has 0 aliphatic carbocycles. The van der Waals surface area contributed by atoms with Crippen LogP contribution in [0.2, 0.25) is 0 Å². The van der Waals surface area contributed by atoms with E-state index in [9.17, 15) is 5.11 Å². The standard InChI is InChI=1S/C7H8B2N4O/c8-3-1-4(6(14)5(9)2-3)7-10-12-13-11-7/h1-2,14H,8-9H2,(H,10,11,12,13). The maximum absolute atomic E-state index is 9.78. The van der Waals surface area contributed by atoms with Crippen molar-refractivity contribution >= 4 is 26.6 Å². The molecule has 0 bridgehead atoms. The number of aromatic amines is 1. The van der Waals surface area contributed by atoms with Gasteiger partial charge in [0.25, 0.3) is 0 Å². The summed E-state index contributed by atoms with van der Waals surface area (Å²) in [6, 6.07) is 3.74. The molecule has 0 spiro atoms. The second-order valence-electron chi connectivity index (χ2n) is 3.23. The summed E-state index contributed by atoms with van der Waals surface area (Å²) in [6.07, 6.45) is 0. The van der Waals surface area contributed by atoms with Crippen LogP contribution in [-0.2, 0) is 0 Å². The van der Waals surface area contributed by atoms with Crippen molar-refractivity contribution in [2.75, 3.05) is 0 Å². The monoisotopic (exact) mass is 186 g/mol. The zero-order chi connectivity index (χ0) is 10.1. The zero-order valence-corrected chi connectivity index (χ0v) is 7.94. The Bertz CT molecular complexity index is 457. The van der Waals surface area contributed by atoms with E-state index in [0.29, 0.717) is 11.4 Å². The molecular formula is C7H8B2N4O. The van der Waals surface area contributed by atoms with Gasteiger partial charge in [0, 0.05) is 0 Å². The smallest absolute Gasteiger partial charge is 0.183 e. The fourth-order valence-electron chi connectivity index (χ4n) is 1.41. The topological polar surface area (TPSA) is 74.7 Å². The largest absolute Gasteiger partial charge is 0.508 e. The van der Waals surface area contributed by atoms with Crippen LogP contribution in [0.4, 0.5) is 0 Å². The highest BCUT2D eigenvalue weighted by molar-refractivity contribution is 6.39. The van der Waals surface area contributed by atoms with Gasteiger partial charge in [-0.2, -0.15) is 0 Å². The summed E-state index contributed by atoms with van der Waals surface area (Å²) in [5, 5.41) is 23.1. The van der Waals surface area contributed by atoms with E-state index in [2.05, 4.69) is 20.6 Å². The van der Waals surface area contributed by atoms with Gasteiger partial charge in [-0.1, -0.05) is 17.6 Å². The molecule has 1 aromatic heterocycles. The molecular weight excluding hydrogens is 178 g/mol. The molecule has 5 nitrogen and oxygen atoms in total. The average molecular weight is 186 g/mol. The summed E-state index contributed by atoms with van der Waals surface area (Å²) < 4.78 is 0. The van der Waals surface area contributed by atoms with Gasteiger partial charge in [0.15, 0.2) is 5.82 Å². The summed E-state index contributed by atoms with van der Waals surface area (Å²) in [5.41, 5.74) is 2.51. The highest BCUT2D eigenvalue weighted by Crippen LogP contribution is 2.21. The number of aromatic hydroxyl groups is 1. The van der Waals surface area contributed by atoms with Crippen molar-refractivity contribution in [3.05, 3.63) is 12.1 Å². The van der Waals surface area contributed by atoms with Gasteiger partial charge in [0.2, 0.25) is 0 Å². The minimum Gasteiger partial charge on any atom is -0.508 e. The van der Waals surface area contributed by atoms with Crippen molar-refractivity contribution in [2.45, 2.75) is 0 Å². The fraction of sp³-hybridized carbons (Fsp3) is 0. The first-order valence-corrected chi connectivity index (χ1v) is 4.23. The molecule has 0 fully saturated rings. The third-order valence-corrected chi connectivity index (χ3v) is 2.05. The summed E-state index contributed by atoms with van der Waals surface area (Å²) >= 11 is 0. The lowest BCUT2D eigenvalue weighted by molar-refractivity contribution is 0.481. The molecule has 0 saturated carbocycles. The first-order chi connectivity index (χ1) is 6.68. The molecule has 2 rings (SSSR count). The lowest BCUT2D eigenvalue weighted by atomic mass is 9.84. The predicted octanol–water partition coefficient (Wildman–Crippen LogP) is -2.91. The number of hydrogen-bond donors (Lipinski definition) is 2. The van der Waals surface area contributed by atoms with Crippen LogP contribution in [0.5, 0.6) is 5.75 Å². The minimum absolute atomic E-state index is 0.217. The number of benzene rings is 1. The zero-order valence-electron chi connectivity index (χ0n) is 7.94. The SMILES string of the molecule is Bc1cc(B)c(O)c(-c2nnn[nH]2)c1. The summed E-state index contributed by atoms with van der Waals surface area (Å²) in [7, 11) is 3.80. The first-order valence-electron chi connectivity index (χ1n) is 4.23. The number of nitrogens with one attached hydrogen (secondary N) is 1. The average Bonchev–Trinajstić information content (AvgIpc) is 2.63. The molecule has 0 amide bonds. The van der Waals surface area contributed by atoms with E-state index in [4.69, 9.17) is 0 Å². The maximum atomic E-state index is 9.78. The fourth-order valence-corrected chi connectivity index (χ4v) is 1.41. The Hall–Kier alpha value is -1.78. The Morgan fingerprint density at radius 2 is 2.07 bits per heavy atom. The third-order valence-electron chi connectivity index (χ3n) is 2.05. The van der Waals surface area contributed by atoms with Crippen molar-refractivity contribution in [1.29, 1.82) is 0 Å². The molecule has 0 aliphatic rings. The van der Waals surface area contributed by atoms with Gasteiger partial charge in [-0.3, -0.25) is 0 Å². The number of phenolic OH excluding ortho intramolecular Hbond substituents is 1. The molecule has 68 valence electrons. The van der Waals surface area contributed by atoms with Crippen molar-refractivity contribution in [2.24, 2.45) is 0 Å². The summed E-state index contributed by atoms with van der Waals surface area (Å²) in [4.78, 5) is 0. The van der Waals surface area contributed by atoms with E-state index < -0.39 is 0 Å². The minimum atomic E-state index is 0.217. The van der Waals surface area contributed by atoms with Gasteiger partial charge in [-0.15, -0.1) is 5.10 Å². The lowest BCUT2D eigenvalue weighted by Gasteiger charge is -2.05.